The Kier molecular flexibility index (Phi) is 6.30. The molecule has 0 amide bonds. The van der Waals surface area contributed by atoms with E-state index in [2.05, 4.69) is 17.4 Å². The average Bonchev–Trinajstić information content (AvgIpc) is 2.35. The molecule has 2 N–H and O–H groups in total. The summed E-state index contributed by atoms with van der Waals surface area (Å²) in [7, 11) is 3.59. The van der Waals surface area contributed by atoms with Gasteiger partial charge >= 0.3 is 0 Å². The molecule has 3 nitrogen and oxygen atoms in total. The molecule has 1 aromatic rings. The first-order chi connectivity index (χ1) is 7.80. The van der Waals surface area contributed by atoms with Crippen LogP contribution in [0.5, 0.6) is 5.75 Å². The summed E-state index contributed by atoms with van der Waals surface area (Å²) < 4.78 is 5.10. The number of aliphatic hydroxyl groups is 1. The van der Waals surface area contributed by atoms with Crippen molar-refractivity contribution >= 4 is 11.8 Å². The first-order valence-electron chi connectivity index (χ1n) is 5.35. The number of thioether (sulfide) groups is 1. The Morgan fingerprint density at radius 3 is 2.56 bits per heavy atom. The van der Waals surface area contributed by atoms with Crippen molar-refractivity contribution in [2.75, 3.05) is 26.5 Å². The van der Waals surface area contributed by atoms with E-state index in [0.29, 0.717) is 6.04 Å². The zero-order chi connectivity index (χ0) is 11.8. The van der Waals surface area contributed by atoms with Gasteiger partial charge in [-0.1, -0.05) is 0 Å². The Morgan fingerprint density at radius 1 is 1.38 bits per heavy atom. The molecule has 0 bridgehead atoms. The highest BCUT2D eigenvalue weighted by Crippen LogP contribution is 2.22. The third-order valence-electron chi connectivity index (χ3n) is 2.40. The van der Waals surface area contributed by atoms with E-state index in [1.807, 2.05) is 19.2 Å². The smallest absolute Gasteiger partial charge is 0.118 e. The van der Waals surface area contributed by atoms with E-state index in [0.717, 1.165) is 17.9 Å². The minimum absolute atomic E-state index is 0.231. The molecule has 0 fully saturated rings. The standard InChI is InChI=1S/C12H19NO2S/c1-13-10(7-8-14)9-16-12-5-3-11(15-2)4-6-12/h3-6,10,13-14H,7-9H2,1-2H3. The van der Waals surface area contributed by atoms with Crippen molar-refractivity contribution in [3.8, 4) is 5.75 Å². The summed E-state index contributed by atoms with van der Waals surface area (Å²) in [5, 5.41) is 12.1. The van der Waals surface area contributed by atoms with Crippen molar-refractivity contribution in [1.82, 2.24) is 5.32 Å². The molecule has 0 aliphatic rings. The van der Waals surface area contributed by atoms with Gasteiger partial charge in [0.05, 0.1) is 7.11 Å². The molecule has 1 aromatic carbocycles. The summed E-state index contributed by atoms with van der Waals surface area (Å²) in [6.45, 7) is 0.231. The lowest BCUT2D eigenvalue weighted by atomic mass is 10.2. The van der Waals surface area contributed by atoms with Crippen LogP contribution in [0.25, 0.3) is 0 Å². The van der Waals surface area contributed by atoms with Gasteiger partial charge in [0.2, 0.25) is 0 Å². The fourth-order valence-electron chi connectivity index (χ4n) is 1.34. The van der Waals surface area contributed by atoms with Crippen molar-refractivity contribution in [1.29, 1.82) is 0 Å². The molecular weight excluding hydrogens is 222 g/mol. The molecule has 0 aliphatic heterocycles. The number of methoxy groups -OCH3 is 1. The van der Waals surface area contributed by atoms with Crippen molar-refractivity contribution in [2.45, 2.75) is 17.4 Å². The molecule has 0 radical (unpaired) electrons. The van der Waals surface area contributed by atoms with Gasteiger partial charge in [0, 0.05) is 23.3 Å². The number of ether oxygens (including phenoxy) is 1. The molecule has 4 heteroatoms. The van der Waals surface area contributed by atoms with Gasteiger partial charge in [-0.3, -0.25) is 0 Å². The molecule has 0 heterocycles. The molecule has 1 atom stereocenters. The normalized spacial score (nSPS) is 12.4. The van der Waals surface area contributed by atoms with Crippen LogP contribution in [0.1, 0.15) is 6.42 Å². The van der Waals surface area contributed by atoms with Crippen LogP contribution >= 0.6 is 11.8 Å². The van der Waals surface area contributed by atoms with Gasteiger partial charge in [-0.05, 0) is 37.7 Å². The second kappa shape index (κ2) is 7.54. The summed E-state index contributed by atoms with van der Waals surface area (Å²) in [5.41, 5.74) is 0. The van der Waals surface area contributed by atoms with Crippen LogP contribution in [0.4, 0.5) is 0 Å². The fourth-order valence-corrected chi connectivity index (χ4v) is 2.39. The zero-order valence-electron chi connectivity index (χ0n) is 9.77. The maximum Gasteiger partial charge on any atom is 0.118 e. The van der Waals surface area contributed by atoms with E-state index < -0.39 is 0 Å². The highest BCUT2D eigenvalue weighted by atomic mass is 32.2. The molecule has 16 heavy (non-hydrogen) atoms. The van der Waals surface area contributed by atoms with Crippen molar-refractivity contribution in [3.05, 3.63) is 24.3 Å². The number of benzene rings is 1. The maximum atomic E-state index is 8.87. The van der Waals surface area contributed by atoms with Crippen molar-refractivity contribution < 1.29 is 9.84 Å². The first kappa shape index (κ1) is 13.4. The predicted molar refractivity (Wildman–Crippen MR) is 68.3 cm³/mol. The van der Waals surface area contributed by atoms with Gasteiger partial charge < -0.3 is 15.2 Å². The van der Waals surface area contributed by atoms with Gasteiger partial charge in [0.1, 0.15) is 5.75 Å². The average molecular weight is 241 g/mol. The Bertz CT molecular complexity index is 290. The van der Waals surface area contributed by atoms with Gasteiger partial charge in [0.15, 0.2) is 0 Å². The van der Waals surface area contributed by atoms with E-state index in [4.69, 9.17) is 9.84 Å². The summed E-state index contributed by atoms with van der Waals surface area (Å²) in [4.78, 5) is 1.22. The van der Waals surface area contributed by atoms with Gasteiger partial charge in [-0.15, -0.1) is 11.8 Å². The van der Waals surface area contributed by atoms with Gasteiger partial charge in [-0.25, -0.2) is 0 Å². The largest absolute Gasteiger partial charge is 0.497 e. The van der Waals surface area contributed by atoms with Crippen molar-refractivity contribution in [3.63, 3.8) is 0 Å². The van der Waals surface area contributed by atoms with Crippen LogP contribution in [0, 0.1) is 0 Å². The van der Waals surface area contributed by atoms with Crippen LogP contribution in [-0.2, 0) is 0 Å². The first-order valence-corrected chi connectivity index (χ1v) is 6.33. The van der Waals surface area contributed by atoms with Crippen LogP contribution in [-0.4, -0.2) is 37.7 Å². The molecule has 0 spiro atoms. The lowest BCUT2D eigenvalue weighted by molar-refractivity contribution is 0.273. The molecule has 1 rings (SSSR count). The SMILES string of the molecule is CNC(CCO)CSc1ccc(OC)cc1. The molecule has 90 valence electrons. The van der Waals surface area contributed by atoms with Crippen LogP contribution in [0.3, 0.4) is 0 Å². The summed E-state index contributed by atoms with van der Waals surface area (Å²) in [6.07, 6.45) is 0.791. The monoisotopic (exact) mass is 241 g/mol. The van der Waals surface area contributed by atoms with E-state index in [9.17, 15) is 0 Å². The Hall–Kier alpha value is -0.710. The summed E-state index contributed by atoms with van der Waals surface area (Å²) >= 11 is 1.78. The van der Waals surface area contributed by atoms with Crippen LogP contribution < -0.4 is 10.1 Å². The molecule has 0 saturated heterocycles. The third kappa shape index (κ3) is 4.43. The number of aliphatic hydroxyl groups excluding tert-OH is 1. The van der Waals surface area contributed by atoms with Gasteiger partial charge in [-0.2, -0.15) is 0 Å². The Balaban J connectivity index is 2.40. The lowest BCUT2D eigenvalue weighted by Crippen LogP contribution is -2.28. The molecular formula is C12H19NO2S. The Labute approximate surface area is 101 Å². The highest BCUT2D eigenvalue weighted by Gasteiger charge is 2.05. The number of nitrogens with one attached hydrogen (secondary N) is 1. The molecule has 0 saturated carbocycles. The van der Waals surface area contributed by atoms with Crippen LogP contribution in [0.2, 0.25) is 0 Å². The lowest BCUT2D eigenvalue weighted by Gasteiger charge is -2.14. The molecule has 0 aromatic heterocycles. The quantitative estimate of drug-likeness (QED) is 0.714. The van der Waals surface area contributed by atoms with Gasteiger partial charge in [0.25, 0.3) is 0 Å². The number of rotatable bonds is 7. The zero-order valence-corrected chi connectivity index (χ0v) is 10.6. The minimum Gasteiger partial charge on any atom is -0.497 e. The van der Waals surface area contributed by atoms with Crippen molar-refractivity contribution in [2.24, 2.45) is 0 Å². The molecule has 1 unspecified atom stereocenters. The third-order valence-corrected chi connectivity index (χ3v) is 3.57. The van der Waals surface area contributed by atoms with E-state index >= 15 is 0 Å². The number of hydrogen-bond donors (Lipinski definition) is 2. The minimum atomic E-state index is 0.231. The summed E-state index contributed by atoms with van der Waals surface area (Å²) in [6, 6.07) is 8.38. The second-order valence-electron chi connectivity index (χ2n) is 3.48. The summed E-state index contributed by atoms with van der Waals surface area (Å²) in [5.74, 6) is 1.84. The predicted octanol–water partition coefficient (Wildman–Crippen LogP) is 1.76. The maximum absolute atomic E-state index is 8.87. The highest BCUT2D eigenvalue weighted by molar-refractivity contribution is 7.99. The second-order valence-corrected chi connectivity index (χ2v) is 4.58. The van der Waals surface area contributed by atoms with E-state index in [1.165, 1.54) is 4.90 Å². The Morgan fingerprint density at radius 2 is 2.06 bits per heavy atom. The topological polar surface area (TPSA) is 41.5 Å². The number of hydrogen-bond acceptors (Lipinski definition) is 4. The fraction of sp³-hybridized carbons (Fsp3) is 0.500. The van der Waals surface area contributed by atoms with Crippen LogP contribution in [0.15, 0.2) is 29.2 Å². The van der Waals surface area contributed by atoms with E-state index in [1.54, 1.807) is 18.9 Å². The van der Waals surface area contributed by atoms with E-state index in [-0.39, 0.29) is 6.61 Å². The molecule has 0 aliphatic carbocycles.